The first-order valence-corrected chi connectivity index (χ1v) is 17.3. The third-order valence-electron chi connectivity index (χ3n) is 9.85. The van der Waals surface area contributed by atoms with Gasteiger partial charge in [-0.15, -0.1) is 0 Å². The number of hydrogen-bond acceptors (Lipinski definition) is 8. The van der Waals surface area contributed by atoms with Crippen molar-refractivity contribution in [2.75, 3.05) is 33.9 Å². The minimum Gasteiger partial charge on any atom is -0.453 e. The third-order valence-corrected chi connectivity index (χ3v) is 9.85. The molecule has 5 rings (SSSR count). The zero-order valence-electron chi connectivity index (χ0n) is 29.9. The standard InChI is InChI=1S/C36H52N8O5/c1-20(2)28(41-35(46)48-7)19-43-17-22(5)13-29(43)32-37-15-26(39-32)24-9-11-25(12-10-24)27-16-38-33(40-27)30-14-23(6)18-44(30)34(45)31(21(3)4)42-36(47)49-8/h9-12,15-16,20-23,28-31H,13-14,17-19H2,1-8H3,(H,37,39)(H,38,40)(H,41,46)(H,42,47)/t22-,23-,28+,29-,30-,31-/m0/s1. The number of carbonyl (C=O) groups is 3. The molecule has 2 aliphatic rings. The van der Waals surface area contributed by atoms with Crippen LogP contribution in [0.15, 0.2) is 36.7 Å². The lowest BCUT2D eigenvalue weighted by Crippen LogP contribution is -2.51. The summed E-state index contributed by atoms with van der Waals surface area (Å²) in [6, 6.07) is 7.43. The van der Waals surface area contributed by atoms with E-state index in [1.165, 1.54) is 14.2 Å². The maximum absolute atomic E-state index is 13.6. The molecule has 0 radical (unpaired) electrons. The first-order valence-electron chi connectivity index (χ1n) is 17.3. The van der Waals surface area contributed by atoms with E-state index in [4.69, 9.17) is 19.4 Å². The molecule has 0 unspecified atom stereocenters. The van der Waals surface area contributed by atoms with Crippen molar-refractivity contribution in [3.05, 3.63) is 48.3 Å². The number of hydrogen-bond donors (Lipinski definition) is 4. The summed E-state index contributed by atoms with van der Waals surface area (Å²) in [5.74, 6) is 2.47. The second kappa shape index (κ2) is 15.4. The van der Waals surface area contributed by atoms with Gasteiger partial charge in [0.15, 0.2) is 0 Å². The Hall–Kier alpha value is -4.39. The first kappa shape index (κ1) is 35.9. The number of nitrogens with zero attached hydrogens (tertiary/aromatic N) is 4. The SMILES string of the molecule is COC(=O)N[C@H](C(=O)N1C[C@@H](C)C[C@H]1c1ncc(-c2ccc(-c3cnc([C@@H]4C[C@H](C)CN4C[C@@H](NC(=O)OC)C(C)C)[nH]3)cc2)[nH]1)C(C)C. The molecule has 49 heavy (non-hydrogen) atoms. The fraction of sp³-hybridized carbons (Fsp3) is 0.583. The topological polar surface area (TPSA) is 158 Å². The maximum atomic E-state index is 13.6. The van der Waals surface area contributed by atoms with Crippen molar-refractivity contribution in [3.8, 4) is 22.5 Å². The molecular formula is C36H52N8O5. The summed E-state index contributed by atoms with van der Waals surface area (Å²) in [6.07, 6.45) is 4.43. The smallest absolute Gasteiger partial charge is 0.407 e. The second-order valence-electron chi connectivity index (χ2n) is 14.4. The molecule has 2 saturated heterocycles. The highest BCUT2D eigenvalue weighted by molar-refractivity contribution is 5.86. The molecule has 2 aliphatic heterocycles. The predicted molar refractivity (Wildman–Crippen MR) is 186 cm³/mol. The molecular weight excluding hydrogens is 624 g/mol. The van der Waals surface area contributed by atoms with Crippen LogP contribution in [-0.2, 0) is 14.3 Å². The summed E-state index contributed by atoms with van der Waals surface area (Å²) >= 11 is 0. The van der Waals surface area contributed by atoms with Crippen LogP contribution in [0.3, 0.4) is 0 Å². The van der Waals surface area contributed by atoms with Crippen LogP contribution in [0, 0.1) is 23.7 Å². The summed E-state index contributed by atoms with van der Waals surface area (Å²) < 4.78 is 9.63. The molecule has 13 nitrogen and oxygen atoms in total. The van der Waals surface area contributed by atoms with Crippen LogP contribution in [0.4, 0.5) is 9.59 Å². The van der Waals surface area contributed by atoms with Crippen molar-refractivity contribution in [2.24, 2.45) is 23.7 Å². The molecule has 13 heteroatoms. The molecule has 0 bridgehead atoms. The highest BCUT2D eigenvalue weighted by atomic mass is 16.5. The predicted octanol–water partition coefficient (Wildman–Crippen LogP) is 5.52. The van der Waals surface area contributed by atoms with Crippen molar-refractivity contribution in [2.45, 2.75) is 78.6 Å². The number of rotatable bonds is 11. The Kier molecular flexibility index (Phi) is 11.3. The lowest BCUT2D eigenvalue weighted by Gasteiger charge is -2.30. The van der Waals surface area contributed by atoms with Crippen LogP contribution in [0.25, 0.3) is 22.5 Å². The summed E-state index contributed by atoms with van der Waals surface area (Å²) in [4.78, 5) is 58.4. The number of benzene rings is 1. The van der Waals surface area contributed by atoms with Gasteiger partial charge < -0.3 is 35.0 Å². The number of H-pyrrole nitrogens is 2. The normalized spacial score (nSPS) is 22.4. The molecule has 0 aliphatic carbocycles. The molecule has 0 spiro atoms. The van der Waals surface area contributed by atoms with E-state index in [-0.39, 0.29) is 35.9 Å². The summed E-state index contributed by atoms with van der Waals surface area (Å²) in [7, 11) is 2.69. The average molecular weight is 677 g/mol. The van der Waals surface area contributed by atoms with Crippen LogP contribution in [0.2, 0.25) is 0 Å². The maximum Gasteiger partial charge on any atom is 0.407 e. The largest absolute Gasteiger partial charge is 0.453 e. The van der Waals surface area contributed by atoms with E-state index in [9.17, 15) is 14.4 Å². The summed E-state index contributed by atoms with van der Waals surface area (Å²) in [6.45, 7) is 14.6. The monoisotopic (exact) mass is 676 g/mol. The quantitative estimate of drug-likeness (QED) is 0.207. The van der Waals surface area contributed by atoms with Gasteiger partial charge in [-0.2, -0.15) is 0 Å². The number of amides is 3. The van der Waals surface area contributed by atoms with Gasteiger partial charge in [0.25, 0.3) is 0 Å². The fourth-order valence-electron chi connectivity index (χ4n) is 7.07. The Balaban J connectivity index is 1.28. The minimum absolute atomic E-state index is 0.0358. The Morgan fingerprint density at radius 3 is 1.84 bits per heavy atom. The van der Waals surface area contributed by atoms with Gasteiger partial charge in [-0.3, -0.25) is 9.69 Å². The highest BCUT2D eigenvalue weighted by Crippen LogP contribution is 2.37. The van der Waals surface area contributed by atoms with Crippen LogP contribution in [0.5, 0.6) is 0 Å². The minimum atomic E-state index is -0.689. The van der Waals surface area contributed by atoms with Crippen LogP contribution in [-0.4, -0.2) is 93.8 Å². The van der Waals surface area contributed by atoms with E-state index in [1.807, 2.05) is 31.1 Å². The molecule has 6 atom stereocenters. The van der Waals surface area contributed by atoms with Crippen LogP contribution in [0.1, 0.15) is 78.1 Å². The molecule has 2 fully saturated rings. The van der Waals surface area contributed by atoms with Crippen molar-refractivity contribution in [1.82, 2.24) is 40.4 Å². The Labute approximate surface area is 288 Å². The number of likely N-dealkylation sites (tertiary alicyclic amines) is 2. The lowest BCUT2D eigenvalue weighted by molar-refractivity contribution is -0.135. The molecule has 2 aromatic heterocycles. The number of methoxy groups -OCH3 is 2. The Bertz CT molecular complexity index is 1580. The molecule has 3 aromatic rings. The van der Waals surface area contributed by atoms with Crippen LogP contribution >= 0.6 is 0 Å². The van der Waals surface area contributed by atoms with Gasteiger partial charge in [-0.1, -0.05) is 65.8 Å². The van der Waals surface area contributed by atoms with Gasteiger partial charge in [0.05, 0.1) is 50.1 Å². The number of imidazole rings is 2. The second-order valence-corrected chi connectivity index (χ2v) is 14.4. The zero-order chi connectivity index (χ0) is 35.4. The van der Waals surface area contributed by atoms with Crippen LogP contribution < -0.4 is 10.6 Å². The summed E-state index contributed by atoms with van der Waals surface area (Å²) in [5, 5.41) is 5.71. The van der Waals surface area contributed by atoms with Gasteiger partial charge in [0, 0.05) is 25.7 Å². The molecule has 4 N–H and O–H groups in total. The molecule has 0 saturated carbocycles. The third kappa shape index (κ3) is 8.26. The van der Waals surface area contributed by atoms with E-state index >= 15 is 0 Å². The zero-order valence-corrected chi connectivity index (χ0v) is 29.9. The molecule has 3 amide bonds. The highest BCUT2D eigenvalue weighted by Gasteiger charge is 2.40. The fourth-order valence-corrected chi connectivity index (χ4v) is 7.07. The molecule has 266 valence electrons. The van der Waals surface area contributed by atoms with Crippen molar-refractivity contribution in [3.63, 3.8) is 0 Å². The number of aromatic amines is 2. The number of carbonyl (C=O) groups excluding carboxylic acids is 3. The van der Waals surface area contributed by atoms with Gasteiger partial charge in [0.1, 0.15) is 17.7 Å². The van der Waals surface area contributed by atoms with E-state index < -0.39 is 18.2 Å². The number of alkyl carbamates (subject to hydrolysis) is 2. The summed E-state index contributed by atoms with van der Waals surface area (Å²) in [5.41, 5.74) is 3.80. The van der Waals surface area contributed by atoms with E-state index in [1.54, 1.807) is 0 Å². The Morgan fingerprint density at radius 2 is 1.31 bits per heavy atom. The van der Waals surface area contributed by atoms with E-state index in [2.05, 4.69) is 77.5 Å². The lowest BCUT2D eigenvalue weighted by atomic mass is 10.0. The van der Waals surface area contributed by atoms with Crippen molar-refractivity contribution in [1.29, 1.82) is 0 Å². The average Bonchev–Trinajstić information content (AvgIpc) is 3.89. The molecule has 1 aromatic carbocycles. The van der Waals surface area contributed by atoms with Gasteiger partial charge in [0.2, 0.25) is 5.91 Å². The van der Waals surface area contributed by atoms with Crippen molar-refractivity contribution < 1.29 is 23.9 Å². The molecule has 4 heterocycles. The van der Waals surface area contributed by atoms with Gasteiger partial charge in [-0.05, 0) is 47.6 Å². The number of nitrogens with one attached hydrogen (secondary N) is 4. The van der Waals surface area contributed by atoms with E-state index in [0.29, 0.717) is 24.9 Å². The first-order chi connectivity index (χ1) is 23.4. The van der Waals surface area contributed by atoms with Gasteiger partial charge >= 0.3 is 12.2 Å². The number of aromatic nitrogens is 4. The Morgan fingerprint density at radius 1 is 0.796 bits per heavy atom. The van der Waals surface area contributed by atoms with Crippen molar-refractivity contribution >= 4 is 18.1 Å². The van der Waals surface area contributed by atoms with E-state index in [0.717, 1.165) is 53.5 Å². The van der Waals surface area contributed by atoms with Gasteiger partial charge in [-0.25, -0.2) is 19.6 Å². The number of ether oxygens (including phenoxy) is 2.